The number of hydrogen-bond acceptors (Lipinski definition) is 3. The third-order valence-corrected chi connectivity index (χ3v) is 2.47. The van der Waals surface area contributed by atoms with Crippen molar-refractivity contribution in [1.82, 2.24) is 5.32 Å². The van der Waals surface area contributed by atoms with Crippen molar-refractivity contribution in [1.29, 1.82) is 0 Å². The molecule has 9 heteroatoms. The van der Waals surface area contributed by atoms with Crippen molar-refractivity contribution in [3.8, 4) is 0 Å². The monoisotopic (exact) mass is 304 g/mol. The van der Waals surface area contributed by atoms with Crippen molar-refractivity contribution in [3.05, 3.63) is 29.8 Å². The number of rotatable bonds is 4. The maximum atomic E-state index is 12.5. The van der Waals surface area contributed by atoms with Crippen molar-refractivity contribution in [2.75, 3.05) is 5.32 Å². The van der Waals surface area contributed by atoms with Crippen LogP contribution in [0, 0.1) is 0 Å². The van der Waals surface area contributed by atoms with Crippen LogP contribution in [-0.2, 0) is 6.18 Å². The number of nitrogens with zero attached hydrogens (tertiary/aromatic N) is 1. The minimum atomic E-state index is -4.48. The lowest BCUT2D eigenvalue weighted by Crippen LogP contribution is -2.38. The molecule has 116 valence electrons. The van der Waals surface area contributed by atoms with Gasteiger partial charge in [0.25, 0.3) is 0 Å². The van der Waals surface area contributed by atoms with Crippen LogP contribution in [0.4, 0.5) is 23.7 Å². The molecule has 0 spiro atoms. The van der Waals surface area contributed by atoms with E-state index in [0.29, 0.717) is 0 Å². The molecule has 1 rings (SSSR count). The van der Waals surface area contributed by atoms with Gasteiger partial charge < -0.3 is 21.6 Å². The molecule has 0 heterocycles. The Hall–Kier alpha value is -2.45. The van der Waals surface area contributed by atoms with Gasteiger partial charge in [0.1, 0.15) is 5.84 Å². The van der Waals surface area contributed by atoms with Gasteiger partial charge in [-0.15, -0.1) is 0 Å². The third-order valence-electron chi connectivity index (χ3n) is 2.47. The van der Waals surface area contributed by atoms with E-state index in [4.69, 9.17) is 10.9 Å². The summed E-state index contributed by atoms with van der Waals surface area (Å²) >= 11 is 0. The van der Waals surface area contributed by atoms with Crippen LogP contribution in [0.15, 0.2) is 29.4 Å². The molecule has 1 atom stereocenters. The Morgan fingerprint density at radius 1 is 1.48 bits per heavy atom. The molecule has 0 bridgehead atoms. The first-order valence-electron chi connectivity index (χ1n) is 5.93. The highest BCUT2D eigenvalue weighted by atomic mass is 19.4. The first-order chi connectivity index (χ1) is 9.72. The molecule has 6 nitrogen and oxygen atoms in total. The summed E-state index contributed by atoms with van der Waals surface area (Å²) in [5, 5.41) is 15.9. The SMILES string of the molecule is CC(CC(N)=NO)NC(=O)Nc1cccc(C(F)(F)F)c1. The van der Waals surface area contributed by atoms with Crippen molar-refractivity contribution in [2.24, 2.45) is 10.9 Å². The Kier molecular flexibility index (Phi) is 5.39. The first-order valence-corrected chi connectivity index (χ1v) is 5.93. The van der Waals surface area contributed by atoms with Gasteiger partial charge in [-0.3, -0.25) is 0 Å². The third kappa shape index (κ3) is 5.59. The number of carbonyl (C=O) groups is 1. The van der Waals surface area contributed by atoms with Crippen LogP contribution in [0.5, 0.6) is 0 Å². The summed E-state index contributed by atoms with van der Waals surface area (Å²) in [6.07, 6.45) is -4.37. The highest BCUT2D eigenvalue weighted by Gasteiger charge is 2.30. The summed E-state index contributed by atoms with van der Waals surface area (Å²) in [6, 6.07) is 3.12. The number of carbonyl (C=O) groups excluding carboxylic acids is 1. The fourth-order valence-corrected chi connectivity index (χ4v) is 1.57. The second-order valence-electron chi connectivity index (χ2n) is 4.37. The number of halogens is 3. The fraction of sp³-hybridized carbons (Fsp3) is 0.333. The first kappa shape index (κ1) is 16.6. The highest BCUT2D eigenvalue weighted by Crippen LogP contribution is 2.30. The zero-order chi connectivity index (χ0) is 16.0. The molecule has 0 saturated heterocycles. The average Bonchev–Trinajstić information content (AvgIpc) is 2.37. The van der Waals surface area contributed by atoms with Gasteiger partial charge >= 0.3 is 12.2 Å². The molecule has 0 radical (unpaired) electrons. The minimum Gasteiger partial charge on any atom is -0.409 e. The van der Waals surface area contributed by atoms with Gasteiger partial charge in [0.05, 0.1) is 5.56 Å². The predicted molar refractivity (Wildman–Crippen MR) is 71.1 cm³/mol. The predicted octanol–water partition coefficient (Wildman–Crippen LogP) is 2.35. The maximum Gasteiger partial charge on any atom is 0.416 e. The number of amidine groups is 1. The van der Waals surface area contributed by atoms with Crippen molar-refractivity contribution < 1.29 is 23.2 Å². The Balaban J connectivity index is 2.63. The van der Waals surface area contributed by atoms with Crippen LogP contribution >= 0.6 is 0 Å². The zero-order valence-electron chi connectivity index (χ0n) is 11.1. The summed E-state index contributed by atoms with van der Waals surface area (Å²) in [6.45, 7) is 1.60. The number of amides is 2. The van der Waals surface area contributed by atoms with Crippen LogP contribution in [0.3, 0.4) is 0 Å². The van der Waals surface area contributed by atoms with Crippen LogP contribution < -0.4 is 16.4 Å². The topological polar surface area (TPSA) is 99.7 Å². The lowest BCUT2D eigenvalue weighted by atomic mass is 10.2. The van der Waals surface area contributed by atoms with E-state index >= 15 is 0 Å². The van der Waals surface area contributed by atoms with E-state index in [-0.39, 0.29) is 17.9 Å². The molecule has 0 aliphatic heterocycles. The van der Waals surface area contributed by atoms with E-state index < -0.39 is 23.8 Å². The standard InChI is InChI=1S/C12H15F3N4O2/c1-7(5-10(16)19-21)17-11(20)18-9-4-2-3-8(6-9)12(13,14)15/h2-4,6-7,21H,5H2,1H3,(H2,16,19)(H2,17,18,20). The number of nitrogens with two attached hydrogens (primary N) is 1. The zero-order valence-corrected chi connectivity index (χ0v) is 11.1. The largest absolute Gasteiger partial charge is 0.416 e. The van der Waals surface area contributed by atoms with Crippen molar-refractivity contribution >= 4 is 17.6 Å². The van der Waals surface area contributed by atoms with E-state index in [9.17, 15) is 18.0 Å². The fourth-order valence-electron chi connectivity index (χ4n) is 1.57. The summed E-state index contributed by atoms with van der Waals surface area (Å²) in [5.41, 5.74) is 4.43. The molecule has 2 amide bonds. The number of urea groups is 1. The van der Waals surface area contributed by atoms with Gasteiger partial charge in [0, 0.05) is 18.2 Å². The van der Waals surface area contributed by atoms with Crippen LogP contribution in [-0.4, -0.2) is 23.1 Å². The van der Waals surface area contributed by atoms with Gasteiger partial charge in [-0.25, -0.2) is 4.79 Å². The highest BCUT2D eigenvalue weighted by molar-refractivity contribution is 5.90. The van der Waals surface area contributed by atoms with E-state index in [1.807, 2.05) is 0 Å². The van der Waals surface area contributed by atoms with Crippen molar-refractivity contribution in [3.63, 3.8) is 0 Å². The normalized spacial score (nSPS) is 13.6. The molecular formula is C12H15F3N4O2. The molecule has 1 aromatic rings. The van der Waals surface area contributed by atoms with Gasteiger partial charge in [0.15, 0.2) is 0 Å². The van der Waals surface area contributed by atoms with Crippen LogP contribution in [0.25, 0.3) is 0 Å². The van der Waals surface area contributed by atoms with Gasteiger partial charge in [0.2, 0.25) is 0 Å². The second-order valence-corrected chi connectivity index (χ2v) is 4.37. The van der Waals surface area contributed by atoms with E-state index in [1.54, 1.807) is 6.92 Å². The Morgan fingerprint density at radius 3 is 2.71 bits per heavy atom. The molecule has 0 fully saturated rings. The van der Waals surface area contributed by atoms with Crippen LogP contribution in [0.2, 0.25) is 0 Å². The lowest BCUT2D eigenvalue weighted by molar-refractivity contribution is -0.137. The molecular weight excluding hydrogens is 289 g/mol. The molecule has 0 aliphatic rings. The Bertz CT molecular complexity index is 531. The molecule has 0 saturated carbocycles. The lowest BCUT2D eigenvalue weighted by Gasteiger charge is -2.14. The molecule has 1 unspecified atom stereocenters. The number of oxime groups is 1. The molecule has 1 aromatic carbocycles. The number of benzene rings is 1. The molecule has 0 aliphatic carbocycles. The number of anilines is 1. The smallest absolute Gasteiger partial charge is 0.409 e. The summed E-state index contributed by atoms with van der Waals surface area (Å²) in [7, 11) is 0. The molecule has 21 heavy (non-hydrogen) atoms. The van der Waals surface area contributed by atoms with Gasteiger partial charge in [-0.1, -0.05) is 11.2 Å². The van der Waals surface area contributed by atoms with E-state index in [1.165, 1.54) is 12.1 Å². The van der Waals surface area contributed by atoms with Gasteiger partial charge in [-0.05, 0) is 25.1 Å². The second kappa shape index (κ2) is 6.82. The minimum absolute atomic E-state index is 0.0123. The average molecular weight is 304 g/mol. The number of hydrogen-bond donors (Lipinski definition) is 4. The van der Waals surface area contributed by atoms with Crippen molar-refractivity contribution in [2.45, 2.75) is 25.6 Å². The van der Waals surface area contributed by atoms with E-state index in [0.717, 1.165) is 12.1 Å². The summed E-state index contributed by atoms with van der Waals surface area (Å²) in [4.78, 5) is 11.6. The van der Waals surface area contributed by atoms with E-state index in [2.05, 4.69) is 15.8 Å². The number of nitrogens with one attached hydrogen (secondary N) is 2. The Morgan fingerprint density at radius 2 is 2.14 bits per heavy atom. The molecule has 5 N–H and O–H groups in total. The summed E-state index contributed by atoms with van der Waals surface area (Å²) < 4.78 is 37.6. The quantitative estimate of drug-likeness (QED) is 0.297. The van der Waals surface area contributed by atoms with Crippen LogP contribution in [0.1, 0.15) is 18.9 Å². The molecule has 0 aromatic heterocycles. The Labute approximate surface area is 118 Å². The number of alkyl halides is 3. The summed E-state index contributed by atoms with van der Waals surface area (Å²) in [5.74, 6) is -0.0677. The van der Waals surface area contributed by atoms with Gasteiger partial charge in [-0.2, -0.15) is 13.2 Å². The maximum absolute atomic E-state index is 12.5.